The highest BCUT2D eigenvalue weighted by molar-refractivity contribution is 14.1. The molecular formula is C9H8INS2. The van der Waals surface area contributed by atoms with Crippen LogP contribution in [0.1, 0.15) is 0 Å². The van der Waals surface area contributed by atoms with Crippen LogP contribution in [-0.4, -0.2) is 6.26 Å². The molecule has 2 N–H and O–H groups in total. The van der Waals surface area contributed by atoms with Gasteiger partial charge >= 0.3 is 0 Å². The van der Waals surface area contributed by atoms with Crippen molar-refractivity contribution in [1.29, 1.82) is 0 Å². The zero-order valence-corrected chi connectivity index (χ0v) is 10.8. The number of hydrogen-bond acceptors (Lipinski definition) is 3. The molecule has 13 heavy (non-hydrogen) atoms. The first-order chi connectivity index (χ1) is 6.22. The molecule has 0 atom stereocenters. The van der Waals surface area contributed by atoms with Crippen LogP contribution in [0.2, 0.25) is 0 Å². The van der Waals surface area contributed by atoms with Crippen molar-refractivity contribution in [1.82, 2.24) is 0 Å². The molecule has 1 nitrogen and oxygen atoms in total. The lowest BCUT2D eigenvalue weighted by molar-refractivity contribution is 1.56. The van der Waals surface area contributed by atoms with Crippen molar-refractivity contribution in [2.75, 3.05) is 12.0 Å². The van der Waals surface area contributed by atoms with E-state index in [9.17, 15) is 0 Å². The third kappa shape index (κ3) is 1.67. The fourth-order valence-electron chi connectivity index (χ4n) is 1.27. The molecule has 0 saturated heterocycles. The number of thiophene rings is 1. The van der Waals surface area contributed by atoms with Crippen molar-refractivity contribution in [3.63, 3.8) is 0 Å². The van der Waals surface area contributed by atoms with E-state index in [2.05, 4.69) is 34.2 Å². The molecule has 0 bridgehead atoms. The van der Waals surface area contributed by atoms with Crippen LogP contribution in [0.4, 0.5) is 5.69 Å². The Morgan fingerprint density at radius 1 is 1.46 bits per heavy atom. The smallest absolute Gasteiger partial charge is 0.0385 e. The quantitative estimate of drug-likeness (QED) is 0.491. The van der Waals surface area contributed by atoms with Crippen LogP contribution < -0.4 is 5.73 Å². The highest BCUT2D eigenvalue weighted by atomic mass is 127. The molecule has 0 aliphatic carbocycles. The number of fused-ring (bicyclic) bond motifs is 1. The molecule has 1 aromatic carbocycles. The molecule has 68 valence electrons. The van der Waals surface area contributed by atoms with E-state index in [1.54, 1.807) is 23.1 Å². The number of benzene rings is 1. The summed E-state index contributed by atoms with van der Waals surface area (Å²) in [6, 6.07) is 4.09. The number of anilines is 1. The SMILES string of the molecule is CSc1cc(N)cc2scc(I)c12. The Morgan fingerprint density at radius 3 is 2.92 bits per heavy atom. The van der Waals surface area contributed by atoms with Crippen molar-refractivity contribution in [2.45, 2.75) is 4.90 Å². The monoisotopic (exact) mass is 321 g/mol. The minimum absolute atomic E-state index is 0.857. The summed E-state index contributed by atoms with van der Waals surface area (Å²) in [6.07, 6.45) is 2.09. The molecule has 2 rings (SSSR count). The number of rotatable bonds is 1. The van der Waals surface area contributed by atoms with Gasteiger partial charge in [-0.15, -0.1) is 23.1 Å². The molecule has 1 aromatic heterocycles. The maximum Gasteiger partial charge on any atom is 0.0385 e. The van der Waals surface area contributed by atoms with E-state index in [1.165, 1.54) is 18.6 Å². The Hall–Kier alpha value is 0.0600. The lowest BCUT2D eigenvalue weighted by Gasteiger charge is -2.01. The van der Waals surface area contributed by atoms with E-state index >= 15 is 0 Å². The van der Waals surface area contributed by atoms with Gasteiger partial charge in [-0.3, -0.25) is 0 Å². The van der Waals surface area contributed by atoms with Crippen LogP contribution in [0.15, 0.2) is 22.4 Å². The summed E-state index contributed by atoms with van der Waals surface area (Å²) in [5.74, 6) is 0. The van der Waals surface area contributed by atoms with Crippen molar-refractivity contribution in [2.24, 2.45) is 0 Å². The Balaban J connectivity index is 2.85. The van der Waals surface area contributed by atoms with E-state index in [0.29, 0.717) is 0 Å². The van der Waals surface area contributed by atoms with Gasteiger partial charge < -0.3 is 5.73 Å². The molecule has 0 fully saturated rings. The molecule has 0 saturated carbocycles. The van der Waals surface area contributed by atoms with Gasteiger partial charge in [0.15, 0.2) is 0 Å². The summed E-state index contributed by atoms with van der Waals surface area (Å²) in [7, 11) is 0. The van der Waals surface area contributed by atoms with Crippen LogP contribution in [0, 0.1) is 3.57 Å². The number of nitrogen functional groups attached to an aromatic ring is 1. The average molecular weight is 321 g/mol. The van der Waals surface area contributed by atoms with Gasteiger partial charge in [-0.2, -0.15) is 0 Å². The largest absolute Gasteiger partial charge is 0.399 e. The van der Waals surface area contributed by atoms with Crippen LogP contribution in [0.25, 0.3) is 10.1 Å². The van der Waals surface area contributed by atoms with Gasteiger partial charge in [0.2, 0.25) is 0 Å². The number of thioether (sulfide) groups is 1. The van der Waals surface area contributed by atoms with Crippen molar-refractivity contribution >= 4 is 61.5 Å². The Kier molecular flexibility index (Phi) is 2.71. The van der Waals surface area contributed by atoms with E-state index in [4.69, 9.17) is 5.73 Å². The normalized spacial score (nSPS) is 10.9. The lowest BCUT2D eigenvalue weighted by Crippen LogP contribution is -1.84. The Labute approximate surface area is 98.8 Å². The molecule has 0 unspecified atom stereocenters. The molecular weight excluding hydrogens is 313 g/mol. The summed E-state index contributed by atoms with van der Waals surface area (Å²) in [4.78, 5) is 1.28. The van der Waals surface area contributed by atoms with E-state index in [-0.39, 0.29) is 0 Å². The highest BCUT2D eigenvalue weighted by Crippen LogP contribution is 2.36. The summed E-state index contributed by atoms with van der Waals surface area (Å²) in [6.45, 7) is 0. The first kappa shape index (κ1) is 9.61. The molecule has 0 aliphatic rings. The van der Waals surface area contributed by atoms with Crippen molar-refractivity contribution in [3.05, 3.63) is 21.1 Å². The molecule has 0 radical (unpaired) electrons. The first-order valence-electron chi connectivity index (χ1n) is 3.72. The van der Waals surface area contributed by atoms with Gasteiger partial charge in [0, 0.05) is 29.6 Å². The minimum atomic E-state index is 0.857. The van der Waals surface area contributed by atoms with E-state index in [0.717, 1.165) is 5.69 Å². The average Bonchev–Trinajstić information content (AvgIpc) is 2.46. The standard InChI is InChI=1S/C9H8INS2/c1-12-7-2-5(11)3-8-9(7)6(10)4-13-8/h2-4H,11H2,1H3. The molecule has 4 heteroatoms. The number of hydrogen-bond donors (Lipinski definition) is 1. The summed E-state index contributed by atoms with van der Waals surface area (Å²) >= 11 is 5.88. The summed E-state index contributed by atoms with van der Waals surface area (Å²) in [5.41, 5.74) is 6.66. The number of nitrogens with two attached hydrogens (primary N) is 1. The number of halogens is 1. The minimum Gasteiger partial charge on any atom is -0.399 e. The maximum atomic E-state index is 5.80. The van der Waals surface area contributed by atoms with Crippen molar-refractivity contribution < 1.29 is 0 Å². The van der Waals surface area contributed by atoms with Gasteiger partial charge in [0.1, 0.15) is 0 Å². The Morgan fingerprint density at radius 2 is 2.23 bits per heavy atom. The predicted octanol–water partition coefficient (Wildman–Crippen LogP) is 3.81. The molecule has 1 heterocycles. The second kappa shape index (κ2) is 3.67. The van der Waals surface area contributed by atoms with Crippen molar-refractivity contribution in [3.8, 4) is 0 Å². The topological polar surface area (TPSA) is 26.0 Å². The molecule has 0 spiro atoms. The van der Waals surface area contributed by atoms with Gasteiger partial charge in [-0.25, -0.2) is 0 Å². The second-order valence-electron chi connectivity index (χ2n) is 2.68. The zero-order chi connectivity index (χ0) is 9.42. The molecule has 0 amide bonds. The van der Waals surface area contributed by atoms with E-state index in [1.807, 2.05) is 12.1 Å². The van der Waals surface area contributed by atoms with Gasteiger partial charge in [0.25, 0.3) is 0 Å². The predicted molar refractivity (Wildman–Crippen MR) is 70.7 cm³/mol. The van der Waals surface area contributed by atoms with E-state index < -0.39 is 0 Å². The third-order valence-electron chi connectivity index (χ3n) is 1.84. The maximum absolute atomic E-state index is 5.80. The fraction of sp³-hybridized carbons (Fsp3) is 0.111. The zero-order valence-electron chi connectivity index (χ0n) is 7.00. The molecule has 2 aromatic rings. The molecule has 0 aliphatic heterocycles. The van der Waals surface area contributed by atoms with Crippen LogP contribution in [0.5, 0.6) is 0 Å². The van der Waals surface area contributed by atoms with Crippen LogP contribution in [0.3, 0.4) is 0 Å². The first-order valence-corrected chi connectivity index (χ1v) is 6.91. The van der Waals surface area contributed by atoms with Crippen LogP contribution in [-0.2, 0) is 0 Å². The lowest BCUT2D eigenvalue weighted by atomic mass is 10.2. The summed E-state index contributed by atoms with van der Waals surface area (Å²) < 4.78 is 2.61. The Bertz CT molecular complexity index is 450. The third-order valence-corrected chi connectivity index (χ3v) is 4.80. The van der Waals surface area contributed by atoms with Crippen LogP contribution >= 0.6 is 45.7 Å². The van der Waals surface area contributed by atoms with Gasteiger partial charge in [-0.05, 0) is 41.0 Å². The van der Waals surface area contributed by atoms with Gasteiger partial charge in [0.05, 0.1) is 0 Å². The van der Waals surface area contributed by atoms with Gasteiger partial charge in [-0.1, -0.05) is 0 Å². The fourth-order valence-corrected chi connectivity index (χ4v) is 4.23. The summed E-state index contributed by atoms with van der Waals surface area (Å²) in [5, 5.41) is 3.52. The highest BCUT2D eigenvalue weighted by Gasteiger charge is 2.07. The second-order valence-corrected chi connectivity index (χ2v) is 5.60.